The van der Waals surface area contributed by atoms with Gasteiger partial charge in [0.1, 0.15) is 11.5 Å². The molecule has 272 valence electrons. The number of rotatable bonds is 5. The third kappa shape index (κ3) is 4.68. The number of nitrogens with zero attached hydrogens (tertiary/aromatic N) is 2. The summed E-state index contributed by atoms with van der Waals surface area (Å²) in [5.74, 6) is 1.72. The van der Waals surface area contributed by atoms with Crippen molar-refractivity contribution < 1.29 is 4.74 Å². The molecule has 1 atom stereocenters. The average Bonchev–Trinajstić information content (AvgIpc) is 3.64. The monoisotopic (exact) mass is 740 g/mol. The first kappa shape index (κ1) is 32.6. The number of benzene rings is 9. The Labute approximate surface area is 337 Å². The van der Waals surface area contributed by atoms with E-state index in [-0.39, 0.29) is 0 Å². The molecule has 0 fully saturated rings. The second kappa shape index (κ2) is 12.7. The molecule has 0 saturated heterocycles. The van der Waals surface area contributed by atoms with Crippen LogP contribution in [0.3, 0.4) is 0 Å². The van der Waals surface area contributed by atoms with Crippen molar-refractivity contribution in [2.75, 3.05) is 4.90 Å². The minimum atomic E-state index is -0.622. The maximum atomic E-state index is 7.05. The smallest absolute Gasteiger partial charge is 0.134 e. The fourth-order valence-electron chi connectivity index (χ4n) is 9.77. The maximum absolute atomic E-state index is 7.05. The van der Waals surface area contributed by atoms with Crippen molar-refractivity contribution in [2.45, 2.75) is 5.41 Å². The van der Waals surface area contributed by atoms with Gasteiger partial charge >= 0.3 is 0 Å². The van der Waals surface area contributed by atoms with Gasteiger partial charge in [-0.25, -0.2) is 0 Å². The minimum Gasteiger partial charge on any atom is -0.457 e. The predicted octanol–water partition coefficient (Wildman–Crippen LogP) is 14.4. The summed E-state index contributed by atoms with van der Waals surface area (Å²) in [7, 11) is 0. The van der Waals surface area contributed by atoms with Gasteiger partial charge in [0.2, 0.25) is 0 Å². The predicted molar refractivity (Wildman–Crippen MR) is 238 cm³/mol. The largest absolute Gasteiger partial charge is 0.457 e. The van der Waals surface area contributed by atoms with E-state index in [4.69, 9.17) is 4.74 Å². The molecule has 3 nitrogen and oxygen atoms in total. The standard InChI is InChI=1S/C55H36N2O/c1-3-14-37(15-4-1)39-26-30-41(31-27-39)56(42-32-28-40(29-33-42)38-16-5-2-6-17-38)43-34-35-48-53(36-43)58-52-25-12-9-21-47(52)55(48)46-20-8-11-24-51(46)57-50-23-10-7-18-44(50)45-19-13-22-49(55)54(45)57/h1-36H. The molecule has 58 heavy (non-hydrogen) atoms. The van der Waals surface area contributed by atoms with E-state index < -0.39 is 5.41 Å². The van der Waals surface area contributed by atoms with Crippen LogP contribution in [0.4, 0.5) is 17.1 Å². The van der Waals surface area contributed by atoms with E-state index in [1.165, 1.54) is 60.9 Å². The summed E-state index contributed by atoms with van der Waals surface area (Å²) in [6.45, 7) is 0. The molecule has 0 bridgehead atoms. The Morgan fingerprint density at radius 2 is 0.879 bits per heavy atom. The molecule has 0 N–H and O–H groups in total. The van der Waals surface area contributed by atoms with Gasteiger partial charge in [0.25, 0.3) is 0 Å². The first-order valence-corrected chi connectivity index (χ1v) is 19.9. The second-order valence-corrected chi connectivity index (χ2v) is 15.3. The van der Waals surface area contributed by atoms with Crippen LogP contribution in [0.15, 0.2) is 218 Å². The summed E-state index contributed by atoms with van der Waals surface area (Å²) in [6, 6.07) is 78.9. The fourth-order valence-corrected chi connectivity index (χ4v) is 9.77. The van der Waals surface area contributed by atoms with Crippen LogP contribution in [0, 0.1) is 0 Å². The van der Waals surface area contributed by atoms with Crippen molar-refractivity contribution in [2.24, 2.45) is 0 Å². The quantitative estimate of drug-likeness (QED) is 0.175. The molecule has 0 radical (unpaired) electrons. The molecule has 1 spiro atoms. The molecular formula is C55H36N2O. The van der Waals surface area contributed by atoms with Crippen LogP contribution in [0.25, 0.3) is 49.7 Å². The van der Waals surface area contributed by atoms with Gasteiger partial charge in [-0.3, -0.25) is 0 Å². The molecule has 0 saturated carbocycles. The zero-order valence-corrected chi connectivity index (χ0v) is 31.6. The van der Waals surface area contributed by atoms with Crippen LogP contribution < -0.4 is 9.64 Å². The van der Waals surface area contributed by atoms with Gasteiger partial charge in [-0.15, -0.1) is 0 Å². The van der Waals surface area contributed by atoms with Crippen molar-refractivity contribution in [3.05, 3.63) is 241 Å². The topological polar surface area (TPSA) is 17.4 Å². The number of hydrogen-bond acceptors (Lipinski definition) is 2. The first-order valence-electron chi connectivity index (χ1n) is 19.9. The Balaban J connectivity index is 1.09. The van der Waals surface area contributed by atoms with Gasteiger partial charge in [-0.2, -0.15) is 0 Å². The highest BCUT2D eigenvalue weighted by molar-refractivity contribution is 6.12. The van der Waals surface area contributed by atoms with E-state index in [0.717, 1.165) is 39.7 Å². The van der Waals surface area contributed by atoms with Crippen molar-refractivity contribution in [3.8, 4) is 39.4 Å². The van der Waals surface area contributed by atoms with Crippen molar-refractivity contribution >= 4 is 38.9 Å². The summed E-state index contributed by atoms with van der Waals surface area (Å²) in [6.07, 6.45) is 0. The molecule has 3 heterocycles. The zero-order valence-electron chi connectivity index (χ0n) is 31.6. The SMILES string of the molecule is c1ccc(-c2ccc(N(c3ccc(-c4ccccc4)cc3)c3ccc4c(c3)Oc3ccccc3C43c4ccccc4-n4c5ccccc5c5cccc3c54)cc2)cc1. The molecule has 12 rings (SSSR count). The zero-order chi connectivity index (χ0) is 38.2. The molecular weight excluding hydrogens is 705 g/mol. The Kier molecular flexibility index (Phi) is 7.14. The Morgan fingerprint density at radius 1 is 0.362 bits per heavy atom. The highest BCUT2D eigenvalue weighted by Gasteiger charge is 2.50. The van der Waals surface area contributed by atoms with Crippen LogP contribution in [-0.4, -0.2) is 4.57 Å². The van der Waals surface area contributed by atoms with Gasteiger partial charge in [0.05, 0.1) is 22.1 Å². The normalized spacial score (nSPS) is 14.8. The lowest BCUT2D eigenvalue weighted by molar-refractivity contribution is 0.434. The van der Waals surface area contributed by atoms with Crippen LogP contribution in [-0.2, 0) is 5.41 Å². The highest BCUT2D eigenvalue weighted by Crippen LogP contribution is 2.61. The molecule has 10 aromatic rings. The molecule has 9 aromatic carbocycles. The van der Waals surface area contributed by atoms with E-state index in [9.17, 15) is 0 Å². The fraction of sp³-hybridized carbons (Fsp3) is 0.0182. The third-order valence-corrected chi connectivity index (χ3v) is 12.3. The summed E-state index contributed by atoms with van der Waals surface area (Å²) in [4.78, 5) is 2.34. The number of hydrogen-bond donors (Lipinski definition) is 0. The van der Waals surface area contributed by atoms with Crippen molar-refractivity contribution in [1.82, 2.24) is 4.57 Å². The van der Waals surface area contributed by atoms with Gasteiger partial charge in [0, 0.05) is 45.0 Å². The van der Waals surface area contributed by atoms with Crippen LogP contribution in [0.1, 0.15) is 22.3 Å². The summed E-state index contributed by atoms with van der Waals surface area (Å²) < 4.78 is 9.52. The third-order valence-electron chi connectivity index (χ3n) is 12.3. The number of para-hydroxylation sites is 4. The van der Waals surface area contributed by atoms with Crippen molar-refractivity contribution in [3.63, 3.8) is 0 Å². The number of fused-ring (bicyclic) bond motifs is 11. The second-order valence-electron chi connectivity index (χ2n) is 15.3. The first-order chi connectivity index (χ1) is 28.8. The van der Waals surface area contributed by atoms with Gasteiger partial charge in [-0.05, 0) is 81.9 Å². The molecule has 0 amide bonds. The summed E-state index contributed by atoms with van der Waals surface area (Å²) >= 11 is 0. The number of anilines is 3. The molecule has 1 aromatic heterocycles. The van der Waals surface area contributed by atoms with Gasteiger partial charge < -0.3 is 14.2 Å². The Morgan fingerprint density at radius 3 is 1.59 bits per heavy atom. The van der Waals surface area contributed by atoms with E-state index in [0.29, 0.717) is 0 Å². The number of ether oxygens (including phenoxy) is 1. The van der Waals surface area contributed by atoms with E-state index in [1.54, 1.807) is 0 Å². The summed E-state index contributed by atoms with van der Waals surface area (Å²) in [5, 5.41) is 2.52. The lowest BCUT2D eigenvalue weighted by Gasteiger charge is -2.45. The Hall–Kier alpha value is -7.62. The average molecular weight is 741 g/mol. The molecule has 2 aliphatic heterocycles. The van der Waals surface area contributed by atoms with Gasteiger partial charge in [-0.1, -0.05) is 164 Å². The van der Waals surface area contributed by atoms with E-state index >= 15 is 0 Å². The lowest BCUT2D eigenvalue weighted by Crippen LogP contribution is -2.37. The molecule has 1 unspecified atom stereocenters. The van der Waals surface area contributed by atoms with Crippen molar-refractivity contribution in [1.29, 1.82) is 0 Å². The lowest BCUT2D eigenvalue weighted by atomic mass is 9.62. The van der Waals surface area contributed by atoms with E-state index in [2.05, 4.69) is 228 Å². The molecule has 2 aliphatic rings. The van der Waals surface area contributed by atoms with Crippen LogP contribution >= 0.6 is 0 Å². The van der Waals surface area contributed by atoms with Crippen LogP contribution in [0.5, 0.6) is 11.5 Å². The molecule has 3 heteroatoms. The van der Waals surface area contributed by atoms with E-state index in [1.807, 2.05) is 0 Å². The maximum Gasteiger partial charge on any atom is 0.134 e. The summed E-state index contributed by atoms with van der Waals surface area (Å²) in [5.41, 5.74) is 15.7. The van der Waals surface area contributed by atoms with Gasteiger partial charge in [0.15, 0.2) is 0 Å². The van der Waals surface area contributed by atoms with Crippen LogP contribution in [0.2, 0.25) is 0 Å². The number of aromatic nitrogens is 1. The molecule has 0 aliphatic carbocycles. The minimum absolute atomic E-state index is 0.622. The highest BCUT2D eigenvalue weighted by atomic mass is 16.5. The Bertz CT molecular complexity index is 3100.